The summed E-state index contributed by atoms with van der Waals surface area (Å²) >= 11 is 0. The average molecular weight is 614 g/mol. The van der Waals surface area contributed by atoms with Crippen molar-refractivity contribution in [1.29, 1.82) is 0 Å². The second kappa shape index (κ2) is 11.0. The summed E-state index contributed by atoms with van der Waals surface area (Å²) < 4.78 is 23.0. The molecule has 8 unspecified atom stereocenters. The highest BCUT2D eigenvalue weighted by molar-refractivity contribution is 5.85. The molecular formula is C34H47NO9. The molecule has 4 N–H and O–H groups in total. The van der Waals surface area contributed by atoms with Gasteiger partial charge in [0.1, 0.15) is 18.5 Å². The van der Waals surface area contributed by atoms with E-state index in [0.29, 0.717) is 51.7 Å². The molecular weight excluding hydrogens is 566 g/mol. The summed E-state index contributed by atoms with van der Waals surface area (Å²) in [6, 6.07) is 3.74. The molecule has 242 valence electrons. The van der Waals surface area contributed by atoms with E-state index in [0.717, 1.165) is 30.6 Å². The number of hydrogen-bond acceptors (Lipinski definition) is 10. The van der Waals surface area contributed by atoms with Gasteiger partial charge in [0.25, 0.3) is 0 Å². The lowest BCUT2D eigenvalue weighted by atomic mass is 9.41. The third kappa shape index (κ3) is 4.66. The first-order valence-corrected chi connectivity index (χ1v) is 16.5. The van der Waals surface area contributed by atoms with Crippen molar-refractivity contribution in [2.24, 2.45) is 33.6 Å². The molecule has 1 saturated heterocycles. The highest BCUT2D eigenvalue weighted by Gasteiger charge is 2.71. The van der Waals surface area contributed by atoms with Crippen LogP contribution in [0.3, 0.4) is 0 Å². The van der Waals surface area contributed by atoms with Gasteiger partial charge in [-0.25, -0.2) is 4.79 Å². The van der Waals surface area contributed by atoms with Crippen LogP contribution in [0.4, 0.5) is 0 Å². The quantitative estimate of drug-likeness (QED) is 0.215. The number of ether oxygens (including phenoxy) is 3. The number of esters is 1. The molecule has 1 aromatic heterocycles. The molecule has 0 aromatic carbocycles. The molecule has 44 heavy (non-hydrogen) atoms. The Kier molecular flexibility index (Phi) is 7.66. The lowest BCUT2D eigenvalue weighted by molar-refractivity contribution is -0.282. The molecule has 10 heteroatoms. The van der Waals surface area contributed by atoms with Crippen LogP contribution in [0, 0.1) is 28.6 Å². The monoisotopic (exact) mass is 613 g/mol. The number of carbonyl (C=O) groups is 1. The number of furan rings is 1. The summed E-state index contributed by atoms with van der Waals surface area (Å²) in [5, 5.41) is 45.8. The molecule has 7 rings (SSSR count). The summed E-state index contributed by atoms with van der Waals surface area (Å²) in [6.45, 7) is 4.61. The number of aliphatic imine (C=N–C) groups is 1. The molecule has 6 aliphatic rings. The van der Waals surface area contributed by atoms with Crippen molar-refractivity contribution in [3.05, 3.63) is 35.8 Å². The molecule has 5 fully saturated rings. The van der Waals surface area contributed by atoms with E-state index < -0.39 is 41.2 Å². The van der Waals surface area contributed by atoms with Crippen molar-refractivity contribution < 1.29 is 43.8 Å². The fraction of sp³-hybridized carbons (Fsp3) is 0.765. The molecule has 2 aliphatic heterocycles. The van der Waals surface area contributed by atoms with Gasteiger partial charge >= 0.3 is 5.97 Å². The SMILES string of the molecule is CC1OC(OC2CC[C@]3(C=NCc4ccco4)[C@H]4CC[C@]5(C)[C@H](C6=CC(=O)OC6)CCC5(O)C4CCC3(O)C2)CC(O)C1O. The van der Waals surface area contributed by atoms with Crippen LogP contribution in [0.1, 0.15) is 83.8 Å². The highest BCUT2D eigenvalue weighted by atomic mass is 16.7. The Labute approximate surface area is 258 Å². The van der Waals surface area contributed by atoms with Crippen molar-refractivity contribution in [3.8, 4) is 0 Å². The standard InChI is InChI=1S/C34H47NO9/c1-20-30(38)27(36)15-29(43-20)44-22-5-10-32(19-35-17-23-4-3-13-41-23)25-6-9-31(2)24(21-14-28(37)42-18-21)8-12-34(31,40)26(25)7-11-33(32,39)16-22/h3-4,13-14,19-20,22,24-27,29-30,36,38-40H,5-12,15-18H2,1-2H3/t20?,22?,24-,25-,26?,27?,29?,30?,31+,32-,33?,34?/m0/s1. The number of aliphatic hydroxyl groups excluding tert-OH is 2. The van der Waals surface area contributed by atoms with Crippen LogP contribution in [-0.4, -0.2) is 81.1 Å². The molecule has 0 bridgehead atoms. The minimum atomic E-state index is -1.10. The lowest BCUT2D eigenvalue weighted by Gasteiger charge is -2.66. The minimum Gasteiger partial charge on any atom is -0.467 e. The molecule has 0 spiro atoms. The topological polar surface area (TPSA) is 151 Å². The first kappa shape index (κ1) is 30.6. The van der Waals surface area contributed by atoms with E-state index in [9.17, 15) is 25.2 Å². The summed E-state index contributed by atoms with van der Waals surface area (Å²) in [7, 11) is 0. The van der Waals surface area contributed by atoms with Crippen molar-refractivity contribution in [2.45, 2.75) is 127 Å². The molecule has 12 atom stereocenters. The van der Waals surface area contributed by atoms with Crippen molar-refractivity contribution >= 4 is 12.2 Å². The third-order valence-electron chi connectivity index (χ3n) is 12.8. The fourth-order valence-electron chi connectivity index (χ4n) is 10.5. The second-order valence-corrected chi connectivity index (χ2v) is 14.7. The zero-order valence-electron chi connectivity index (χ0n) is 25.8. The van der Waals surface area contributed by atoms with Gasteiger partial charge in [0.15, 0.2) is 6.29 Å². The van der Waals surface area contributed by atoms with E-state index >= 15 is 0 Å². The zero-order valence-corrected chi connectivity index (χ0v) is 25.8. The van der Waals surface area contributed by atoms with Gasteiger partial charge in [0, 0.05) is 36.0 Å². The molecule has 10 nitrogen and oxygen atoms in total. The van der Waals surface area contributed by atoms with Crippen molar-refractivity contribution in [3.63, 3.8) is 0 Å². The number of rotatable bonds is 6. The van der Waals surface area contributed by atoms with Crippen LogP contribution in [-0.2, 0) is 25.5 Å². The number of aliphatic hydroxyl groups is 4. The highest BCUT2D eigenvalue weighted by Crippen LogP contribution is 2.70. The number of cyclic esters (lactones) is 1. The van der Waals surface area contributed by atoms with Crippen molar-refractivity contribution in [1.82, 2.24) is 0 Å². The maximum Gasteiger partial charge on any atom is 0.331 e. The Morgan fingerprint density at radius 3 is 2.64 bits per heavy atom. The largest absolute Gasteiger partial charge is 0.467 e. The summed E-state index contributed by atoms with van der Waals surface area (Å²) in [6.07, 6.45) is 8.14. The number of hydrogen-bond donors (Lipinski definition) is 4. The Bertz CT molecular complexity index is 1290. The average Bonchev–Trinajstić information content (AvgIpc) is 3.71. The van der Waals surface area contributed by atoms with E-state index in [-0.39, 0.29) is 41.7 Å². The number of nitrogens with zero attached hydrogens (tertiary/aromatic N) is 1. The van der Waals surface area contributed by atoms with E-state index in [2.05, 4.69) is 6.92 Å². The van der Waals surface area contributed by atoms with Gasteiger partial charge in [-0.05, 0) is 93.7 Å². The molecule has 4 aliphatic carbocycles. The van der Waals surface area contributed by atoms with Crippen LogP contribution in [0.25, 0.3) is 0 Å². The molecule has 1 aromatic rings. The Balaban J connectivity index is 1.17. The third-order valence-corrected chi connectivity index (χ3v) is 12.8. The Morgan fingerprint density at radius 2 is 1.91 bits per heavy atom. The maximum absolute atomic E-state index is 12.7. The van der Waals surface area contributed by atoms with Gasteiger partial charge in [0.05, 0.1) is 42.3 Å². The molecule has 0 amide bonds. The van der Waals surface area contributed by atoms with Gasteiger partial charge in [-0.1, -0.05) is 6.92 Å². The van der Waals surface area contributed by atoms with Crippen LogP contribution >= 0.6 is 0 Å². The Hall–Kier alpha value is -2.08. The van der Waals surface area contributed by atoms with E-state index in [1.54, 1.807) is 19.3 Å². The van der Waals surface area contributed by atoms with Gasteiger partial charge in [-0.2, -0.15) is 0 Å². The van der Waals surface area contributed by atoms with E-state index in [1.165, 1.54) is 0 Å². The van der Waals surface area contributed by atoms with Crippen LogP contribution < -0.4 is 0 Å². The summed E-state index contributed by atoms with van der Waals surface area (Å²) in [5.41, 5.74) is -2.05. The van der Waals surface area contributed by atoms with Gasteiger partial charge in [-0.3, -0.25) is 4.99 Å². The predicted octanol–water partition coefficient (Wildman–Crippen LogP) is 3.44. The van der Waals surface area contributed by atoms with Gasteiger partial charge < -0.3 is 39.1 Å². The summed E-state index contributed by atoms with van der Waals surface area (Å²) in [4.78, 5) is 16.8. The number of carbonyl (C=O) groups excluding carboxylic acids is 1. The fourth-order valence-corrected chi connectivity index (χ4v) is 10.5. The van der Waals surface area contributed by atoms with Gasteiger partial charge in [0.2, 0.25) is 0 Å². The van der Waals surface area contributed by atoms with Crippen LogP contribution in [0.15, 0.2) is 39.5 Å². The first-order valence-electron chi connectivity index (χ1n) is 16.5. The van der Waals surface area contributed by atoms with E-state index in [1.807, 2.05) is 18.3 Å². The minimum absolute atomic E-state index is 0.0168. The molecule has 0 radical (unpaired) electrons. The van der Waals surface area contributed by atoms with Crippen molar-refractivity contribution in [2.75, 3.05) is 6.61 Å². The first-order chi connectivity index (χ1) is 21.0. The lowest BCUT2D eigenvalue weighted by Crippen LogP contribution is -2.69. The normalized spacial score (nSPS) is 48.9. The summed E-state index contributed by atoms with van der Waals surface area (Å²) in [5.74, 6) is 0.569. The van der Waals surface area contributed by atoms with E-state index in [4.69, 9.17) is 23.6 Å². The zero-order chi connectivity index (χ0) is 30.9. The molecule has 4 saturated carbocycles. The van der Waals surface area contributed by atoms with Crippen LogP contribution in [0.5, 0.6) is 0 Å². The number of fused-ring (bicyclic) bond motifs is 5. The van der Waals surface area contributed by atoms with Gasteiger partial charge in [-0.15, -0.1) is 0 Å². The molecule has 3 heterocycles. The smallest absolute Gasteiger partial charge is 0.331 e. The van der Waals surface area contributed by atoms with Crippen LogP contribution in [0.2, 0.25) is 0 Å². The maximum atomic E-state index is 12.7. The predicted molar refractivity (Wildman–Crippen MR) is 158 cm³/mol. The second-order valence-electron chi connectivity index (χ2n) is 14.7. The Morgan fingerprint density at radius 1 is 1.09 bits per heavy atom.